The minimum Gasteiger partial charge on any atom is -0.486 e. The van der Waals surface area contributed by atoms with Gasteiger partial charge >= 0.3 is 5.97 Å². The van der Waals surface area contributed by atoms with Crippen molar-refractivity contribution in [2.24, 2.45) is 0 Å². The molecule has 2 rings (SSSR count). The smallest absolute Gasteiger partial charge is 0.323 e. The lowest BCUT2D eigenvalue weighted by molar-refractivity contribution is -0.141. The average molecular weight is 356 g/mol. The number of rotatable bonds is 4. The van der Waals surface area contributed by atoms with Crippen LogP contribution in [-0.4, -0.2) is 48.7 Å². The molecule has 1 aromatic rings. The Labute approximate surface area is 130 Å². The predicted octanol–water partition coefficient (Wildman–Crippen LogP) is 1.78. The van der Waals surface area contributed by atoms with E-state index in [-0.39, 0.29) is 12.5 Å². The number of carbonyl (C=O) groups is 2. The Bertz CT molecular complexity index is 599. The van der Waals surface area contributed by atoms with E-state index in [0.29, 0.717) is 24.7 Å². The third-order valence-corrected chi connectivity index (χ3v) is 3.38. The van der Waals surface area contributed by atoms with Crippen LogP contribution in [0, 0.1) is 0 Å². The lowest BCUT2D eigenvalue weighted by Gasteiger charge is -2.20. The van der Waals surface area contributed by atoms with Crippen LogP contribution in [-0.2, 0) is 9.59 Å². The van der Waals surface area contributed by atoms with Gasteiger partial charge in [-0.05, 0) is 39.7 Å². The highest BCUT2D eigenvalue weighted by Crippen LogP contribution is 2.38. The van der Waals surface area contributed by atoms with E-state index in [9.17, 15) is 9.59 Å². The van der Waals surface area contributed by atoms with Crippen LogP contribution in [0.25, 0.3) is 6.08 Å². The second kappa shape index (κ2) is 6.62. The number of fused-ring (bicyclic) bond motifs is 1. The van der Waals surface area contributed by atoms with Gasteiger partial charge in [-0.25, -0.2) is 0 Å². The monoisotopic (exact) mass is 355 g/mol. The topological polar surface area (TPSA) is 76.1 Å². The molecule has 0 spiro atoms. The summed E-state index contributed by atoms with van der Waals surface area (Å²) < 4.78 is 11.7. The van der Waals surface area contributed by atoms with Gasteiger partial charge in [-0.2, -0.15) is 0 Å². The van der Waals surface area contributed by atoms with E-state index in [1.54, 1.807) is 18.2 Å². The molecule has 0 radical (unpaired) electrons. The van der Waals surface area contributed by atoms with Crippen LogP contribution in [0.2, 0.25) is 0 Å². The van der Waals surface area contributed by atoms with Crippen LogP contribution in [0.1, 0.15) is 5.56 Å². The number of hydrogen-bond donors (Lipinski definition) is 1. The summed E-state index contributed by atoms with van der Waals surface area (Å²) in [6, 6.07) is 3.56. The summed E-state index contributed by atoms with van der Waals surface area (Å²) in [7, 11) is 1.43. The first kappa shape index (κ1) is 15.4. The molecule has 21 heavy (non-hydrogen) atoms. The summed E-state index contributed by atoms with van der Waals surface area (Å²) in [6.07, 6.45) is 2.92. The minimum absolute atomic E-state index is 0.339. The maximum Gasteiger partial charge on any atom is 0.323 e. The molecule has 0 atom stereocenters. The van der Waals surface area contributed by atoms with Crippen molar-refractivity contribution in [3.8, 4) is 11.5 Å². The fraction of sp³-hybridized carbons (Fsp3) is 0.286. The predicted molar refractivity (Wildman–Crippen MR) is 79.4 cm³/mol. The number of carboxylic acid groups (broad SMARTS) is 1. The van der Waals surface area contributed by atoms with Gasteiger partial charge in [0.15, 0.2) is 11.5 Å². The van der Waals surface area contributed by atoms with Gasteiger partial charge in [0.2, 0.25) is 5.91 Å². The summed E-state index contributed by atoms with van der Waals surface area (Å²) in [5.41, 5.74) is 0.753. The number of carboxylic acids is 1. The Kier molecular flexibility index (Phi) is 4.85. The van der Waals surface area contributed by atoms with Gasteiger partial charge in [-0.15, -0.1) is 0 Å². The first-order valence-corrected chi connectivity index (χ1v) is 7.01. The summed E-state index contributed by atoms with van der Waals surface area (Å²) in [6.45, 7) is 0.639. The lowest BCUT2D eigenvalue weighted by atomic mass is 10.1. The third-order valence-electron chi connectivity index (χ3n) is 2.79. The second-order valence-corrected chi connectivity index (χ2v) is 5.30. The first-order valence-electron chi connectivity index (χ1n) is 6.21. The lowest BCUT2D eigenvalue weighted by Crippen LogP contribution is -2.30. The molecule has 0 bridgehead atoms. The summed E-state index contributed by atoms with van der Waals surface area (Å²) >= 11 is 3.39. The molecule has 1 aromatic carbocycles. The van der Waals surface area contributed by atoms with Crippen LogP contribution in [0.5, 0.6) is 11.5 Å². The molecule has 1 aliphatic rings. The maximum absolute atomic E-state index is 11.7. The first-order chi connectivity index (χ1) is 9.97. The van der Waals surface area contributed by atoms with E-state index in [2.05, 4.69) is 15.9 Å². The Morgan fingerprint density at radius 1 is 1.38 bits per heavy atom. The van der Waals surface area contributed by atoms with Crippen molar-refractivity contribution in [2.45, 2.75) is 0 Å². The highest BCUT2D eigenvalue weighted by atomic mass is 79.9. The third kappa shape index (κ3) is 3.98. The molecule has 1 N–H and O–H groups in total. The minimum atomic E-state index is -1.05. The molecule has 1 amide bonds. The second-order valence-electron chi connectivity index (χ2n) is 4.45. The summed E-state index contributed by atoms with van der Waals surface area (Å²) in [5, 5.41) is 8.63. The molecular weight excluding hydrogens is 342 g/mol. The van der Waals surface area contributed by atoms with Crippen molar-refractivity contribution in [1.29, 1.82) is 0 Å². The quantitative estimate of drug-likeness (QED) is 0.833. The Hall–Kier alpha value is -2.02. The van der Waals surface area contributed by atoms with Crippen molar-refractivity contribution in [1.82, 2.24) is 4.90 Å². The van der Waals surface area contributed by atoms with E-state index in [4.69, 9.17) is 14.6 Å². The molecule has 1 aliphatic heterocycles. The number of halogens is 1. The molecule has 7 heteroatoms. The zero-order chi connectivity index (χ0) is 15.4. The van der Waals surface area contributed by atoms with Crippen molar-refractivity contribution in [2.75, 3.05) is 26.8 Å². The fourth-order valence-corrected chi connectivity index (χ4v) is 2.38. The van der Waals surface area contributed by atoms with Gasteiger partial charge in [0.05, 0.1) is 4.47 Å². The molecule has 112 valence electrons. The molecule has 0 fully saturated rings. The van der Waals surface area contributed by atoms with E-state index >= 15 is 0 Å². The number of aliphatic carboxylic acids is 1. The Balaban J connectivity index is 2.12. The molecule has 0 saturated heterocycles. The molecule has 0 aliphatic carbocycles. The highest BCUT2D eigenvalue weighted by molar-refractivity contribution is 9.10. The van der Waals surface area contributed by atoms with Gasteiger partial charge in [0.25, 0.3) is 0 Å². The normalized spacial score (nSPS) is 13.2. The fourth-order valence-electron chi connectivity index (χ4n) is 1.80. The molecular formula is C14H14BrNO5. The largest absolute Gasteiger partial charge is 0.486 e. The van der Waals surface area contributed by atoms with Crippen molar-refractivity contribution in [3.63, 3.8) is 0 Å². The van der Waals surface area contributed by atoms with E-state index < -0.39 is 5.97 Å². The van der Waals surface area contributed by atoms with Crippen LogP contribution in [0.15, 0.2) is 22.7 Å². The number of nitrogens with zero attached hydrogens (tertiary/aromatic N) is 1. The molecule has 1 heterocycles. The van der Waals surface area contributed by atoms with Crippen LogP contribution in [0.3, 0.4) is 0 Å². The van der Waals surface area contributed by atoms with E-state index in [1.807, 2.05) is 0 Å². The average Bonchev–Trinajstić information content (AvgIpc) is 2.44. The SMILES string of the molecule is CN(CC(=O)O)C(=O)C=Cc1cc(Br)c2c(c1)OCCO2. The van der Waals surface area contributed by atoms with E-state index in [0.717, 1.165) is 14.9 Å². The molecule has 0 unspecified atom stereocenters. The molecule has 6 nitrogen and oxygen atoms in total. The Morgan fingerprint density at radius 3 is 2.81 bits per heavy atom. The van der Waals surface area contributed by atoms with Crippen molar-refractivity contribution < 1.29 is 24.2 Å². The summed E-state index contributed by atoms with van der Waals surface area (Å²) in [5.74, 6) is -0.181. The van der Waals surface area contributed by atoms with E-state index in [1.165, 1.54) is 13.1 Å². The van der Waals surface area contributed by atoms with Gasteiger partial charge in [0.1, 0.15) is 19.8 Å². The van der Waals surface area contributed by atoms with Gasteiger partial charge in [0, 0.05) is 13.1 Å². The molecule has 0 saturated carbocycles. The van der Waals surface area contributed by atoms with Gasteiger partial charge < -0.3 is 19.5 Å². The Morgan fingerprint density at radius 2 is 2.10 bits per heavy atom. The zero-order valence-corrected chi connectivity index (χ0v) is 12.9. The molecule has 0 aromatic heterocycles. The van der Waals surface area contributed by atoms with Crippen LogP contribution in [0.4, 0.5) is 0 Å². The maximum atomic E-state index is 11.7. The standard InChI is InChI=1S/C14H14BrNO5/c1-16(8-13(18)19)12(17)3-2-9-6-10(15)14-11(7-9)20-4-5-21-14/h2-3,6-7H,4-5,8H2,1H3,(H,18,19). The highest BCUT2D eigenvalue weighted by Gasteiger charge is 2.16. The van der Waals surface area contributed by atoms with Crippen LogP contribution >= 0.6 is 15.9 Å². The number of benzene rings is 1. The number of ether oxygens (including phenoxy) is 2. The van der Waals surface area contributed by atoms with Gasteiger partial charge in [-0.1, -0.05) is 0 Å². The number of amides is 1. The zero-order valence-electron chi connectivity index (χ0n) is 11.3. The summed E-state index contributed by atoms with van der Waals surface area (Å²) in [4.78, 5) is 23.4. The van der Waals surface area contributed by atoms with Crippen molar-refractivity contribution >= 4 is 33.9 Å². The van der Waals surface area contributed by atoms with Crippen LogP contribution < -0.4 is 9.47 Å². The number of carbonyl (C=O) groups excluding carboxylic acids is 1. The van der Waals surface area contributed by atoms with Crippen molar-refractivity contribution in [3.05, 3.63) is 28.2 Å². The van der Waals surface area contributed by atoms with Gasteiger partial charge in [-0.3, -0.25) is 9.59 Å². The number of hydrogen-bond acceptors (Lipinski definition) is 4. The number of likely N-dealkylation sites (N-methyl/N-ethyl adjacent to an activating group) is 1.